The van der Waals surface area contributed by atoms with Gasteiger partial charge in [0.05, 0.1) is 0 Å². The highest BCUT2D eigenvalue weighted by Gasteiger charge is 2.09. The van der Waals surface area contributed by atoms with Crippen LogP contribution in [0.25, 0.3) is 54.4 Å². The van der Waals surface area contributed by atoms with E-state index in [2.05, 4.69) is 82.8 Å². The summed E-state index contributed by atoms with van der Waals surface area (Å²) in [4.78, 5) is 7.07. The molecule has 2 nitrogen and oxygen atoms in total. The van der Waals surface area contributed by atoms with Crippen LogP contribution in [0.3, 0.4) is 0 Å². The van der Waals surface area contributed by atoms with Crippen LogP contribution in [0.2, 0.25) is 0 Å². The van der Waals surface area contributed by atoms with E-state index in [-0.39, 0.29) is 0 Å². The molecule has 2 heteroatoms. The van der Waals surface area contributed by atoms with Gasteiger partial charge in [-0.2, -0.15) is 0 Å². The molecule has 0 amide bonds. The van der Waals surface area contributed by atoms with E-state index in [0.29, 0.717) is 0 Å². The Hall–Kier alpha value is -3.26. The van der Waals surface area contributed by atoms with Crippen LogP contribution >= 0.6 is 0 Å². The summed E-state index contributed by atoms with van der Waals surface area (Å²) in [7, 11) is 0. The van der Waals surface area contributed by atoms with Gasteiger partial charge >= 0.3 is 0 Å². The van der Waals surface area contributed by atoms with Crippen molar-refractivity contribution in [2.45, 2.75) is 0 Å². The van der Waals surface area contributed by atoms with E-state index in [1.54, 1.807) is 0 Å². The van der Waals surface area contributed by atoms with Gasteiger partial charge in [0, 0.05) is 43.6 Å². The predicted molar refractivity (Wildman–Crippen MR) is 103 cm³/mol. The third kappa shape index (κ3) is 1.50. The average molecular weight is 306 g/mol. The second-order valence-electron chi connectivity index (χ2n) is 6.48. The number of rotatable bonds is 0. The predicted octanol–water partition coefficient (Wildman–Crippen LogP) is 6.11. The maximum atomic E-state index is 3.53. The molecule has 0 aliphatic carbocycles. The minimum atomic E-state index is 1.19. The molecule has 2 aromatic heterocycles. The molecule has 0 unspecified atom stereocenters. The molecular weight excluding hydrogens is 292 g/mol. The maximum Gasteiger partial charge on any atom is 0.0471 e. The van der Waals surface area contributed by atoms with Gasteiger partial charge in [-0.1, -0.05) is 36.4 Å². The molecule has 6 aromatic rings. The number of hydrogen-bond donors (Lipinski definition) is 2. The molecule has 0 fully saturated rings. The van der Waals surface area contributed by atoms with Gasteiger partial charge in [0.2, 0.25) is 0 Å². The summed E-state index contributed by atoms with van der Waals surface area (Å²) < 4.78 is 0. The van der Waals surface area contributed by atoms with Crippen molar-refractivity contribution in [3.8, 4) is 0 Å². The highest BCUT2D eigenvalue weighted by molar-refractivity contribution is 6.16. The van der Waals surface area contributed by atoms with Crippen LogP contribution < -0.4 is 0 Å². The average Bonchev–Trinajstić information content (AvgIpc) is 3.15. The van der Waals surface area contributed by atoms with E-state index < -0.39 is 0 Å². The molecule has 0 saturated heterocycles. The zero-order chi connectivity index (χ0) is 15.7. The molecule has 24 heavy (non-hydrogen) atoms. The molecule has 0 aliphatic rings. The quantitative estimate of drug-likeness (QED) is 0.339. The fourth-order valence-electron chi connectivity index (χ4n) is 3.95. The molecule has 0 bridgehead atoms. The lowest BCUT2D eigenvalue weighted by atomic mass is 10.0. The highest BCUT2D eigenvalue weighted by atomic mass is 14.7. The first-order valence-corrected chi connectivity index (χ1v) is 8.21. The molecule has 112 valence electrons. The number of fused-ring (bicyclic) bond motifs is 7. The van der Waals surface area contributed by atoms with Crippen LogP contribution in [-0.4, -0.2) is 9.97 Å². The van der Waals surface area contributed by atoms with Gasteiger partial charge in [-0.3, -0.25) is 0 Å². The molecule has 2 heterocycles. The Bertz CT molecular complexity index is 1290. The van der Waals surface area contributed by atoms with Crippen molar-refractivity contribution in [3.05, 3.63) is 72.8 Å². The number of nitrogens with one attached hydrogen (secondary N) is 2. The first-order chi connectivity index (χ1) is 11.9. The molecule has 0 atom stereocenters. The molecule has 0 radical (unpaired) electrons. The van der Waals surface area contributed by atoms with Crippen LogP contribution in [0.15, 0.2) is 72.8 Å². The van der Waals surface area contributed by atoms with E-state index in [4.69, 9.17) is 0 Å². The Morgan fingerprint density at radius 3 is 1.42 bits per heavy atom. The Morgan fingerprint density at radius 2 is 0.875 bits per heavy atom. The summed E-state index contributed by atoms with van der Waals surface area (Å²) in [6.07, 6.45) is 0. The molecule has 0 aliphatic heterocycles. The number of para-hydroxylation sites is 2. The number of H-pyrrole nitrogens is 2. The van der Waals surface area contributed by atoms with Crippen LogP contribution in [-0.2, 0) is 0 Å². The lowest BCUT2D eigenvalue weighted by Crippen LogP contribution is -1.76. The summed E-state index contributed by atoms with van der Waals surface area (Å²) in [6, 6.07) is 26.1. The third-order valence-electron chi connectivity index (χ3n) is 5.09. The zero-order valence-corrected chi connectivity index (χ0v) is 12.9. The van der Waals surface area contributed by atoms with Crippen molar-refractivity contribution in [2.24, 2.45) is 0 Å². The molecule has 0 saturated carbocycles. The first-order valence-electron chi connectivity index (χ1n) is 8.21. The first kappa shape index (κ1) is 12.2. The van der Waals surface area contributed by atoms with Gasteiger partial charge in [0.25, 0.3) is 0 Å². The van der Waals surface area contributed by atoms with E-state index in [0.717, 1.165) is 0 Å². The smallest absolute Gasteiger partial charge is 0.0471 e. The Labute approximate surface area is 137 Å². The number of hydrogen-bond acceptors (Lipinski definition) is 0. The molecule has 4 aromatic carbocycles. The van der Waals surface area contributed by atoms with Gasteiger partial charge in [-0.25, -0.2) is 0 Å². The van der Waals surface area contributed by atoms with Crippen molar-refractivity contribution < 1.29 is 0 Å². The van der Waals surface area contributed by atoms with Gasteiger partial charge < -0.3 is 9.97 Å². The van der Waals surface area contributed by atoms with E-state index in [1.807, 2.05) is 0 Å². The van der Waals surface area contributed by atoms with Crippen molar-refractivity contribution in [3.63, 3.8) is 0 Å². The Kier molecular flexibility index (Phi) is 2.12. The topological polar surface area (TPSA) is 31.6 Å². The fourth-order valence-corrected chi connectivity index (χ4v) is 3.95. The Morgan fingerprint density at radius 1 is 0.417 bits per heavy atom. The minimum Gasteiger partial charge on any atom is -0.354 e. The van der Waals surface area contributed by atoms with E-state index in [9.17, 15) is 0 Å². The fraction of sp³-hybridized carbons (Fsp3) is 0. The molecular formula is C22H14N2. The summed E-state index contributed by atoms with van der Waals surface area (Å²) in [5, 5.41) is 7.69. The number of benzene rings is 4. The minimum absolute atomic E-state index is 1.19. The third-order valence-corrected chi connectivity index (χ3v) is 5.09. The maximum absolute atomic E-state index is 3.53. The second-order valence-corrected chi connectivity index (χ2v) is 6.48. The van der Waals surface area contributed by atoms with Gasteiger partial charge in [0.1, 0.15) is 0 Å². The summed E-state index contributed by atoms with van der Waals surface area (Å²) in [6.45, 7) is 0. The summed E-state index contributed by atoms with van der Waals surface area (Å²) in [5.41, 5.74) is 4.77. The zero-order valence-electron chi connectivity index (χ0n) is 12.9. The van der Waals surface area contributed by atoms with Gasteiger partial charge in [-0.05, 0) is 47.2 Å². The monoisotopic (exact) mass is 306 g/mol. The van der Waals surface area contributed by atoms with Gasteiger partial charge in [-0.15, -0.1) is 0 Å². The van der Waals surface area contributed by atoms with Crippen molar-refractivity contribution in [1.29, 1.82) is 0 Å². The number of aromatic amines is 2. The van der Waals surface area contributed by atoms with Crippen LogP contribution in [0.4, 0.5) is 0 Å². The van der Waals surface area contributed by atoms with Crippen LogP contribution in [0.1, 0.15) is 0 Å². The SMILES string of the molecule is c1ccc2c(c1)[nH]c1cc3cc4[nH]c5ccccc5c4cc3cc12. The van der Waals surface area contributed by atoms with E-state index >= 15 is 0 Å². The highest BCUT2D eigenvalue weighted by Crippen LogP contribution is 2.33. The molecule has 2 N–H and O–H groups in total. The number of aromatic nitrogens is 2. The van der Waals surface area contributed by atoms with Crippen LogP contribution in [0, 0.1) is 0 Å². The normalized spacial score (nSPS) is 12.2. The second kappa shape index (κ2) is 4.18. The standard InChI is InChI=1S/C22H14N2/c1-3-7-19-15(5-1)17-9-13-10-18-16-6-2-4-8-20(16)24-22(18)12-14(13)11-21(17)23-19/h1-12,23-24H. The molecule has 0 spiro atoms. The Balaban J connectivity index is 1.81. The van der Waals surface area contributed by atoms with Gasteiger partial charge in [0.15, 0.2) is 0 Å². The largest absolute Gasteiger partial charge is 0.354 e. The van der Waals surface area contributed by atoms with Crippen molar-refractivity contribution in [2.75, 3.05) is 0 Å². The lowest BCUT2D eigenvalue weighted by molar-refractivity contribution is 1.55. The molecule has 6 rings (SSSR count). The van der Waals surface area contributed by atoms with Crippen molar-refractivity contribution in [1.82, 2.24) is 9.97 Å². The summed E-state index contributed by atoms with van der Waals surface area (Å²) >= 11 is 0. The van der Waals surface area contributed by atoms with E-state index in [1.165, 1.54) is 54.4 Å². The van der Waals surface area contributed by atoms with Crippen LogP contribution in [0.5, 0.6) is 0 Å². The van der Waals surface area contributed by atoms with Crippen molar-refractivity contribution >= 4 is 54.4 Å². The lowest BCUT2D eigenvalue weighted by Gasteiger charge is -2.00. The summed E-state index contributed by atoms with van der Waals surface area (Å²) in [5.74, 6) is 0.